The number of rotatable bonds is 10. The van der Waals surface area contributed by atoms with Crippen molar-refractivity contribution in [2.24, 2.45) is 0 Å². The minimum atomic E-state index is -0.834. The smallest absolute Gasteiger partial charge is 0.317 e. The van der Waals surface area contributed by atoms with Crippen LogP contribution in [0.1, 0.15) is 23.7 Å². The van der Waals surface area contributed by atoms with Crippen LogP contribution >= 0.6 is 0 Å². The largest absolute Gasteiger partial charge is 0.486 e. The average molecular weight is 405 g/mol. The van der Waals surface area contributed by atoms with E-state index in [9.17, 15) is 4.79 Å². The standard InChI is InChI=1S/C25H27NO4/c1-19-8-10-21(11-9-19)29-22-12-14-23(15-13-22)30-24(20-6-4-3-5-7-20)16-17-26(2)18-25(27)28/h3-15,24H,16-18H2,1-2H3,(H,27,28). The van der Waals surface area contributed by atoms with Gasteiger partial charge in [0.25, 0.3) is 0 Å². The zero-order valence-corrected chi connectivity index (χ0v) is 17.3. The van der Waals surface area contributed by atoms with E-state index in [2.05, 4.69) is 0 Å². The molecule has 156 valence electrons. The molecule has 1 N–H and O–H groups in total. The Morgan fingerprint density at radius 1 is 0.900 bits per heavy atom. The first kappa shape index (κ1) is 21.4. The summed E-state index contributed by atoms with van der Waals surface area (Å²) in [5.74, 6) is 1.43. The van der Waals surface area contributed by atoms with Crippen LogP contribution in [0.25, 0.3) is 0 Å². The van der Waals surface area contributed by atoms with Crippen molar-refractivity contribution in [3.05, 3.63) is 90.0 Å². The van der Waals surface area contributed by atoms with Gasteiger partial charge in [-0.2, -0.15) is 0 Å². The number of aliphatic carboxylic acids is 1. The van der Waals surface area contributed by atoms with Gasteiger partial charge in [0.05, 0.1) is 6.54 Å². The van der Waals surface area contributed by atoms with Crippen LogP contribution < -0.4 is 9.47 Å². The maximum atomic E-state index is 10.9. The quantitative estimate of drug-likeness (QED) is 0.495. The highest BCUT2D eigenvalue weighted by atomic mass is 16.5. The van der Waals surface area contributed by atoms with Crippen LogP contribution in [-0.2, 0) is 4.79 Å². The fourth-order valence-electron chi connectivity index (χ4n) is 3.10. The van der Waals surface area contributed by atoms with Crippen molar-refractivity contribution < 1.29 is 19.4 Å². The molecule has 5 nitrogen and oxygen atoms in total. The lowest BCUT2D eigenvalue weighted by molar-refractivity contribution is -0.138. The Bertz CT molecular complexity index is 924. The van der Waals surface area contributed by atoms with Crippen LogP contribution in [0, 0.1) is 6.92 Å². The minimum Gasteiger partial charge on any atom is -0.486 e. The average Bonchev–Trinajstić information content (AvgIpc) is 2.74. The van der Waals surface area contributed by atoms with Gasteiger partial charge in [-0.05, 0) is 55.9 Å². The molecule has 0 saturated carbocycles. The summed E-state index contributed by atoms with van der Waals surface area (Å²) in [5, 5.41) is 8.96. The summed E-state index contributed by atoms with van der Waals surface area (Å²) in [6.07, 6.45) is 0.501. The molecule has 5 heteroatoms. The monoisotopic (exact) mass is 405 g/mol. The number of aryl methyl sites for hydroxylation is 1. The van der Waals surface area contributed by atoms with E-state index in [4.69, 9.17) is 14.6 Å². The molecule has 0 radical (unpaired) electrons. The van der Waals surface area contributed by atoms with Gasteiger partial charge in [-0.3, -0.25) is 9.69 Å². The van der Waals surface area contributed by atoms with Gasteiger partial charge in [0.1, 0.15) is 23.4 Å². The van der Waals surface area contributed by atoms with Crippen LogP contribution in [0.2, 0.25) is 0 Å². The normalized spacial score (nSPS) is 11.8. The molecule has 3 rings (SSSR count). The highest BCUT2D eigenvalue weighted by molar-refractivity contribution is 5.69. The molecule has 0 heterocycles. The second-order valence-electron chi connectivity index (χ2n) is 7.32. The van der Waals surface area contributed by atoms with Crippen molar-refractivity contribution in [3.8, 4) is 17.2 Å². The van der Waals surface area contributed by atoms with Gasteiger partial charge < -0.3 is 14.6 Å². The Morgan fingerprint density at radius 3 is 2.07 bits per heavy atom. The lowest BCUT2D eigenvalue weighted by Gasteiger charge is -2.22. The molecule has 3 aromatic carbocycles. The van der Waals surface area contributed by atoms with E-state index < -0.39 is 5.97 Å². The van der Waals surface area contributed by atoms with Crippen LogP contribution in [0.5, 0.6) is 17.2 Å². The van der Waals surface area contributed by atoms with Crippen molar-refractivity contribution in [2.75, 3.05) is 20.1 Å². The van der Waals surface area contributed by atoms with Gasteiger partial charge in [-0.15, -0.1) is 0 Å². The Kier molecular flexibility index (Phi) is 7.46. The molecule has 0 aromatic heterocycles. The van der Waals surface area contributed by atoms with Crippen LogP contribution in [0.3, 0.4) is 0 Å². The lowest BCUT2D eigenvalue weighted by Crippen LogP contribution is -2.28. The first-order valence-electron chi connectivity index (χ1n) is 9.96. The molecule has 0 aliphatic heterocycles. The Balaban J connectivity index is 1.66. The number of likely N-dealkylation sites (N-methyl/N-ethyl adjacent to an activating group) is 1. The van der Waals surface area contributed by atoms with Crippen LogP contribution in [-0.4, -0.2) is 36.1 Å². The Morgan fingerprint density at radius 2 is 1.47 bits per heavy atom. The maximum Gasteiger partial charge on any atom is 0.317 e. The SMILES string of the molecule is Cc1ccc(Oc2ccc(OC(CCN(C)CC(=O)O)c3ccccc3)cc2)cc1. The number of hydrogen-bond acceptors (Lipinski definition) is 4. The molecular weight excluding hydrogens is 378 g/mol. The molecule has 0 aliphatic rings. The molecule has 0 amide bonds. The van der Waals surface area contributed by atoms with Crippen LogP contribution in [0.15, 0.2) is 78.9 Å². The number of carbonyl (C=O) groups is 1. The van der Waals surface area contributed by atoms with Gasteiger partial charge in [0, 0.05) is 13.0 Å². The minimum absolute atomic E-state index is 0.00650. The van der Waals surface area contributed by atoms with Gasteiger partial charge in [-0.1, -0.05) is 48.0 Å². The summed E-state index contributed by atoms with van der Waals surface area (Å²) in [4.78, 5) is 12.7. The van der Waals surface area contributed by atoms with E-state index in [0.717, 1.165) is 22.8 Å². The third-order valence-electron chi connectivity index (χ3n) is 4.71. The molecule has 0 bridgehead atoms. The number of nitrogens with zero attached hydrogens (tertiary/aromatic N) is 1. The highest BCUT2D eigenvalue weighted by Crippen LogP contribution is 2.28. The van der Waals surface area contributed by atoms with E-state index >= 15 is 0 Å². The fraction of sp³-hybridized carbons (Fsp3) is 0.240. The summed E-state index contributed by atoms with van der Waals surface area (Å²) in [6, 6.07) is 25.4. The second kappa shape index (κ2) is 10.5. The van der Waals surface area contributed by atoms with E-state index in [-0.39, 0.29) is 12.6 Å². The number of benzene rings is 3. The summed E-state index contributed by atoms with van der Waals surface area (Å²) < 4.78 is 12.1. The first-order chi connectivity index (χ1) is 14.5. The Hall–Kier alpha value is -3.31. The van der Waals surface area contributed by atoms with Crippen molar-refractivity contribution in [1.82, 2.24) is 4.90 Å². The van der Waals surface area contributed by atoms with Gasteiger partial charge in [0.2, 0.25) is 0 Å². The zero-order valence-electron chi connectivity index (χ0n) is 17.3. The van der Waals surface area contributed by atoms with Crippen molar-refractivity contribution >= 4 is 5.97 Å². The summed E-state index contributed by atoms with van der Waals surface area (Å²) in [7, 11) is 1.80. The molecule has 1 unspecified atom stereocenters. The lowest BCUT2D eigenvalue weighted by atomic mass is 10.1. The van der Waals surface area contributed by atoms with Gasteiger partial charge in [0.15, 0.2) is 0 Å². The van der Waals surface area contributed by atoms with Crippen molar-refractivity contribution in [2.45, 2.75) is 19.4 Å². The summed E-state index contributed by atoms with van der Waals surface area (Å²) in [6.45, 7) is 2.66. The predicted molar refractivity (Wildman–Crippen MR) is 117 cm³/mol. The van der Waals surface area contributed by atoms with Gasteiger partial charge in [-0.25, -0.2) is 0 Å². The van der Waals surface area contributed by atoms with Crippen molar-refractivity contribution in [3.63, 3.8) is 0 Å². The molecule has 0 spiro atoms. The third-order valence-corrected chi connectivity index (χ3v) is 4.71. The molecular formula is C25H27NO4. The van der Waals surface area contributed by atoms with E-state index in [0.29, 0.717) is 13.0 Å². The van der Waals surface area contributed by atoms with Crippen molar-refractivity contribution in [1.29, 1.82) is 0 Å². The van der Waals surface area contributed by atoms with Crippen LogP contribution in [0.4, 0.5) is 0 Å². The second-order valence-corrected chi connectivity index (χ2v) is 7.32. The zero-order chi connectivity index (χ0) is 21.3. The molecule has 3 aromatic rings. The summed E-state index contributed by atoms with van der Waals surface area (Å²) >= 11 is 0. The van der Waals surface area contributed by atoms with Gasteiger partial charge >= 0.3 is 5.97 Å². The fourth-order valence-corrected chi connectivity index (χ4v) is 3.10. The Labute approximate surface area is 177 Å². The summed E-state index contributed by atoms with van der Waals surface area (Å²) in [5.41, 5.74) is 2.24. The van der Waals surface area contributed by atoms with E-state index in [1.807, 2.05) is 85.8 Å². The highest BCUT2D eigenvalue weighted by Gasteiger charge is 2.15. The molecule has 0 fully saturated rings. The first-order valence-corrected chi connectivity index (χ1v) is 9.96. The number of ether oxygens (including phenoxy) is 2. The number of carboxylic acid groups (broad SMARTS) is 1. The number of hydrogen-bond donors (Lipinski definition) is 1. The van der Waals surface area contributed by atoms with E-state index in [1.165, 1.54) is 5.56 Å². The molecule has 1 atom stereocenters. The third kappa shape index (κ3) is 6.64. The van der Waals surface area contributed by atoms with E-state index in [1.54, 1.807) is 11.9 Å². The molecule has 0 saturated heterocycles. The molecule has 30 heavy (non-hydrogen) atoms. The topological polar surface area (TPSA) is 59.0 Å². The maximum absolute atomic E-state index is 10.9. The molecule has 0 aliphatic carbocycles. The number of carboxylic acids is 1. The predicted octanol–water partition coefficient (Wildman–Crippen LogP) is 5.31.